The van der Waals surface area contributed by atoms with Crippen molar-refractivity contribution >= 4 is 11.9 Å². The molecule has 0 unspecified atom stereocenters. The molecule has 0 atom stereocenters. The van der Waals surface area contributed by atoms with E-state index in [2.05, 4.69) is 6.92 Å². The van der Waals surface area contributed by atoms with Crippen LogP contribution in [0.1, 0.15) is 41.3 Å². The minimum atomic E-state index is -0.196. The quantitative estimate of drug-likeness (QED) is 0.742. The number of phenols is 1. The zero-order chi connectivity index (χ0) is 21.3. The van der Waals surface area contributed by atoms with Crippen molar-refractivity contribution in [3.05, 3.63) is 52.8 Å². The van der Waals surface area contributed by atoms with Gasteiger partial charge in [0.05, 0.1) is 38.4 Å². The summed E-state index contributed by atoms with van der Waals surface area (Å²) >= 11 is 0. The second-order valence-corrected chi connectivity index (χ2v) is 8.07. The minimum absolute atomic E-state index is 0.174. The molecule has 6 heteroatoms. The van der Waals surface area contributed by atoms with E-state index >= 15 is 0 Å². The van der Waals surface area contributed by atoms with Gasteiger partial charge in [0, 0.05) is 5.56 Å². The highest BCUT2D eigenvalue weighted by atomic mass is 16.5. The van der Waals surface area contributed by atoms with E-state index in [1.165, 1.54) is 17.7 Å². The standard InChI is InChI=1S/C24H27NO5/c1-15-9-11-25(12-10-15)14-18-19(26)8-7-17-22(27)21(30-24(17)18)13-16-5-4-6-20(28-2)23(16)29-3/h4-8,13,15,26H,9-12,14H2,1-3H3/p+1. The van der Waals surface area contributed by atoms with Gasteiger partial charge >= 0.3 is 0 Å². The number of hydrogen-bond acceptors (Lipinski definition) is 5. The average molecular weight is 410 g/mol. The second-order valence-electron chi connectivity index (χ2n) is 8.07. The Labute approximate surface area is 176 Å². The molecule has 4 rings (SSSR count). The Kier molecular flexibility index (Phi) is 5.68. The summed E-state index contributed by atoms with van der Waals surface area (Å²) in [5.41, 5.74) is 1.88. The highest BCUT2D eigenvalue weighted by Crippen LogP contribution is 2.40. The summed E-state index contributed by atoms with van der Waals surface area (Å²) in [5.74, 6) is 2.52. The number of aromatic hydroxyl groups is 1. The molecule has 1 fully saturated rings. The van der Waals surface area contributed by atoms with Gasteiger partial charge in [-0.2, -0.15) is 0 Å². The van der Waals surface area contributed by atoms with Crippen LogP contribution in [0, 0.1) is 5.92 Å². The van der Waals surface area contributed by atoms with E-state index in [1.54, 1.807) is 38.5 Å². The number of fused-ring (bicyclic) bond motifs is 1. The van der Waals surface area contributed by atoms with Crippen molar-refractivity contribution in [3.8, 4) is 23.0 Å². The number of hydrogen-bond donors (Lipinski definition) is 2. The van der Waals surface area contributed by atoms with Crippen LogP contribution >= 0.6 is 0 Å². The number of Topliss-reactive ketones (excluding diaryl/α,β-unsaturated/α-hetero) is 1. The van der Waals surface area contributed by atoms with Crippen LogP contribution in [0.2, 0.25) is 0 Å². The fourth-order valence-electron chi connectivity index (χ4n) is 4.23. The lowest BCUT2D eigenvalue weighted by molar-refractivity contribution is -0.919. The number of ether oxygens (including phenoxy) is 3. The number of quaternary nitrogens is 1. The Morgan fingerprint density at radius 3 is 2.63 bits per heavy atom. The first-order valence-corrected chi connectivity index (χ1v) is 10.4. The molecule has 2 aliphatic heterocycles. The van der Waals surface area contributed by atoms with Crippen LogP contribution < -0.4 is 19.1 Å². The zero-order valence-corrected chi connectivity index (χ0v) is 17.7. The fraction of sp³-hybridized carbons (Fsp3) is 0.375. The van der Waals surface area contributed by atoms with E-state index in [0.717, 1.165) is 19.0 Å². The first kappa shape index (κ1) is 20.3. The van der Waals surface area contributed by atoms with Crippen LogP contribution in [-0.4, -0.2) is 38.2 Å². The third-order valence-corrected chi connectivity index (χ3v) is 6.04. The molecule has 2 heterocycles. The van der Waals surface area contributed by atoms with Gasteiger partial charge < -0.3 is 24.2 Å². The van der Waals surface area contributed by atoms with E-state index in [0.29, 0.717) is 40.5 Å². The lowest BCUT2D eigenvalue weighted by Gasteiger charge is -2.27. The Morgan fingerprint density at radius 2 is 1.93 bits per heavy atom. The largest absolute Gasteiger partial charge is 0.507 e. The van der Waals surface area contributed by atoms with E-state index in [1.807, 2.05) is 12.1 Å². The molecule has 2 aromatic rings. The topological polar surface area (TPSA) is 69.4 Å². The van der Waals surface area contributed by atoms with Crippen molar-refractivity contribution in [3.63, 3.8) is 0 Å². The number of piperidine rings is 1. The number of carbonyl (C=O) groups excluding carboxylic acids is 1. The van der Waals surface area contributed by atoms with Crippen molar-refractivity contribution in [2.45, 2.75) is 26.3 Å². The van der Waals surface area contributed by atoms with Crippen molar-refractivity contribution in [1.29, 1.82) is 0 Å². The number of allylic oxidation sites excluding steroid dienone is 1. The maximum absolute atomic E-state index is 13.0. The van der Waals surface area contributed by atoms with Crippen LogP contribution in [0.25, 0.3) is 6.08 Å². The molecule has 0 saturated carbocycles. The number of methoxy groups -OCH3 is 2. The number of nitrogens with one attached hydrogen (secondary N) is 1. The van der Waals surface area contributed by atoms with Gasteiger partial charge in [-0.05, 0) is 43.0 Å². The summed E-state index contributed by atoms with van der Waals surface area (Å²) in [5, 5.41) is 10.5. The molecular formula is C24H28NO5+. The van der Waals surface area contributed by atoms with Gasteiger partial charge in [-0.25, -0.2) is 0 Å². The monoisotopic (exact) mass is 410 g/mol. The maximum Gasteiger partial charge on any atom is 0.231 e. The number of para-hydroxylation sites is 1. The van der Waals surface area contributed by atoms with Gasteiger partial charge in [0.1, 0.15) is 12.3 Å². The molecule has 0 aliphatic carbocycles. The Bertz CT molecular complexity index is 989. The predicted molar refractivity (Wildman–Crippen MR) is 113 cm³/mol. The third kappa shape index (κ3) is 3.75. The maximum atomic E-state index is 13.0. The number of phenolic OH excluding ortho intramolecular Hbond substituents is 1. The van der Waals surface area contributed by atoms with Gasteiger partial charge in [0.15, 0.2) is 23.0 Å². The van der Waals surface area contributed by atoms with Gasteiger partial charge in [-0.3, -0.25) is 4.79 Å². The average Bonchev–Trinajstić information content (AvgIpc) is 3.07. The molecule has 0 aromatic heterocycles. The van der Waals surface area contributed by atoms with Crippen molar-refractivity contribution < 1.29 is 29.0 Å². The second kappa shape index (κ2) is 8.40. The van der Waals surface area contributed by atoms with Crippen molar-refractivity contribution in [2.24, 2.45) is 5.92 Å². The summed E-state index contributed by atoms with van der Waals surface area (Å²) in [6.07, 6.45) is 4.01. The molecule has 0 amide bonds. The smallest absolute Gasteiger partial charge is 0.231 e. The zero-order valence-electron chi connectivity index (χ0n) is 17.7. The normalized spacial score (nSPS) is 22.0. The number of ketones is 1. The molecular weight excluding hydrogens is 382 g/mol. The molecule has 2 N–H and O–H groups in total. The summed E-state index contributed by atoms with van der Waals surface area (Å²) < 4.78 is 16.8. The summed E-state index contributed by atoms with van der Waals surface area (Å²) in [6, 6.07) is 8.69. The molecule has 1 saturated heterocycles. The van der Waals surface area contributed by atoms with E-state index in [4.69, 9.17) is 14.2 Å². The van der Waals surface area contributed by atoms with Gasteiger partial charge in [-0.15, -0.1) is 0 Å². The molecule has 6 nitrogen and oxygen atoms in total. The first-order chi connectivity index (χ1) is 14.5. The molecule has 158 valence electrons. The number of likely N-dealkylation sites (tertiary alicyclic amines) is 1. The first-order valence-electron chi connectivity index (χ1n) is 10.4. The molecule has 0 bridgehead atoms. The molecule has 0 radical (unpaired) electrons. The van der Waals surface area contributed by atoms with Crippen molar-refractivity contribution in [1.82, 2.24) is 0 Å². The van der Waals surface area contributed by atoms with E-state index in [9.17, 15) is 9.90 Å². The molecule has 0 spiro atoms. The van der Waals surface area contributed by atoms with Gasteiger partial charge in [-0.1, -0.05) is 19.1 Å². The van der Waals surface area contributed by atoms with Crippen LogP contribution in [-0.2, 0) is 6.54 Å². The summed E-state index contributed by atoms with van der Waals surface area (Å²) in [6.45, 7) is 5.04. The van der Waals surface area contributed by atoms with Gasteiger partial charge in [0.2, 0.25) is 5.78 Å². The predicted octanol–water partition coefficient (Wildman–Crippen LogP) is 2.84. The number of benzene rings is 2. The Morgan fingerprint density at radius 1 is 1.17 bits per heavy atom. The Hall–Kier alpha value is -2.99. The summed E-state index contributed by atoms with van der Waals surface area (Å²) in [4.78, 5) is 14.4. The molecule has 2 aromatic carbocycles. The van der Waals surface area contributed by atoms with Crippen LogP contribution in [0.4, 0.5) is 0 Å². The van der Waals surface area contributed by atoms with E-state index < -0.39 is 0 Å². The lowest BCUT2D eigenvalue weighted by Crippen LogP contribution is -3.11. The Balaban J connectivity index is 1.66. The van der Waals surface area contributed by atoms with Gasteiger partial charge in [0.25, 0.3) is 0 Å². The number of carbonyl (C=O) groups is 1. The highest BCUT2D eigenvalue weighted by Gasteiger charge is 2.33. The molecule has 2 aliphatic rings. The SMILES string of the molecule is COc1cccc(C=C2Oc3c(ccc(O)c3C[NH+]3CCC(C)CC3)C2=O)c1OC. The van der Waals surface area contributed by atoms with Crippen LogP contribution in [0.15, 0.2) is 36.1 Å². The summed E-state index contributed by atoms with van der Waals surface area (Å²) in [7, 11) is 3.13. The van der Waals surface area contributed by atoms with Crippen molar-refractivity contribution in [2.75, 3.05) is 27.3 Å². The van der Waals surface area contributed by atoms with Crippen LogP contribution in [0.3, 0.4) is 0 Å². The van der Waals surface area contributed by atoms with E-state index in [-0.39, 0.29) is 17.3 Å². The minimum Gasteiger partial charge on any atom is -0.507 e. The number of rotatable bonds is 5. The van der Waals surface area contributed by atoms with Crippen LogP contribution in [0.5, 0.6) is 23.0 Å². The lowest BCUT2D eigenvalue weighted by atomic mass is 9.98. The highest BCUT2D eigenvalue weighted by molar-refractivity contribution is 6.15. The third-order valence-electron chi connectivity index (χ3n) is 6.04. The molecule has 30 heavy (non-hydrogen) atoms. The fourth-order valence-corrected chi connectivity index (χ4v) is 4.23.